The second-order valence-corrected chi connectivity index (χ2v) is 8.20. The maximum absolute atomic E-state index is 12.4. The predicted molar refractivity (Wildman–Crippen MR) is 107 cm³/mol. The number of imidazole rings is 1. The van der Waals surface area contributed by atoms with Crippen molar-refractivity contribution in [1.29, 1.82) is 0 Å². The summed E-state index contributed by atoms with van der Waals surface area (Å²) in [6, 6.07) is 8.45. The Bertz CT molecular complexity index is 751. The standard InChI is InChI=1S/C19H25N3OS2/c1-13-14(2)22(15-8-4-5-9-15)19(20-13)25-12-18(23)21-16-10-6-7-11-17(16)24-3/h6-7,10-11,15H,4-5,8-9,12H2,1-3H3,(H,21,23). The van der Waals surface area contributed by atoms with Gasteiger partial charge in [0.25, 0.3) is 0 Å². The highest BCUT2D eigenvalue weighted by Gasteiger charge is 2.23. The maximum Gasteiger partial charge on any atom is 0.234 e. The van der Waals surface area contributed by atoms with Gasteiger partial charge in [0.05, 0.1) is 17.1 Å². The van der Waals surface area contributed by atoms with Crippen LogP contribution in [0.2, 0.25) is 0 Å². The summed E-state index contributed by atoms with van der Waals surface area (Å²) in [5, 5.41) is 4.01. The predicted octanol–water partition coefficient (Wildman–Crippen LogP) is 5.07. The van der Waals surface area contributed by atoms with Crippen LogP contribution in [0.3, 0.4) is 0 Å². The molecule has 6 heteroatoms. The molecule has 0 atom stereocenters. The Labute approximate surface area is 158 Å². The molecule has 1 aromatic heterocycles. The number of amides is 1. The molecular weight excluding hydrogens is 350 g/mol. The molecule has 3 rings (SSSR count). The van der Waals surface area contributed by atoms with E-state index in [0.29, 0.717) is 11.8 Å². The van der Waals surface area contributed by atoms with E-state index < -0.39 is 0 Å². The number of carbonyl (C=O) groups excluding carboxylic acids is 1. The fourth-order valence-corrected chi connectivity index (χ4v) is 4.87. The number of nitrogens with one attached hydrogen (secondary N) is 1. The molecule has 1 fully saturated rings. The number of benzene rings is 1. The SMILES string of the molecule is CSc1ccccc1NC(=O)CSc1nc(C)c(C)n1C1CCCC1. The number of para-hydroxylation sites is 1. The van der Waals surface area contributed by atoms with Gasteiger partial charge in [-0.2, -0.15) is 0 Å². The zero-order chi connectivity index (χ0) is 17.8. The largest absolute Gasteiger partial charge is 0.324 e. The van der Waals surface area contributed by atoms with Gasteiger partial charge in [0.1, 0.15) is 0 Å². The molecule has 1 aliphatic carbocycles. The van der Waals surface area contributed by atoms with Crippen LogP contribution < -0.4 is 5.32 Å². The Hall–Kier alpha value is -1.40. The summed E-state index contributed by atoms with van der Waals surface area (Å²) in [7, 11) is 0. The number of aromatic nitrogens is 2. The molecule has 134 valence electrons. The zero-order valence-corrected chi connectivity index (χ0v) is 16.7. The molecule has 0 aliphatic heterocycles. The first kappa shape index (κ1) is 18.4. The monoisotopic (exact) mass is 375 g/mol. The minimum atomic E-state index is 0.0165. The first-order valence-corrected chi connectivity index (χ1v) is 10.9. The highest BCUT2D eigenvalue weighted by Crippen LogP contribution is 2.35. The Morgan fingerprint density at radius 2 is 2.00 bits per heavy atom. The van der Waals surface area contributed by atoms with Gasteiger partial charge in [0.2, 0.25) is 5.91 Å². The molecule has 1 aromatic carbocycles. The molecule has 1 heterocycles. The lowest BCUT2D eigenvalue weighted by Gasteiger charge is -2.17. The van der Waals surface area contributed by atoms with Gasteiger partial charge in [-0.25, -0.2) is 4.98 Å². The molecule has 1 N–H and O–H groups in total. The number of hydrogen-bond donors (Lipinski definition) is 1. The second-order valence-electron chi connectivity index (χ2n) is 6.41. The van der Waals surface area contributed by atoms with Gasteiger partial charge in [-0.1, -0.05) is 36.7 Å². The van der Waals surface area contributed by atoms with Gasteiger partial charge in [0.15, 0.2) is 5.16 Å². The minimum absolute atomic E-state index is 0.0165. The van der Waals surface area contributed by atoms with Crippen LogP contribution in [0.25, 0.3) is 0 Å². The molecule has 0 bridgehead atoms. The molecule has 1 amide bonds. The van der Waals surface area contributed by atoms with E-state index >= 15 is 0 Å². The molecule has 2 aromatic rings. The summed E-state index contributed by atoms with van der Waals surface area (Å²) in [6.07, 6.45) is 7.04. The van der Waals surface area contributed by atoms with E-state index in [0.717, 1.165) is 21.4 Å². The maximum atomic E-state index is 12.4. The van der Waals surface area contributed by atoms with Crippen LogP contribution in [0.5, 0.6) is 0 Å². The van der Waals surface area contributed by atoms with E-state index in [4.69, 9.17) is 4.98 Å². The Morgan fingerprint density at radius 1 is 1.28 bits per heavy atom. The van der Waals surface area contributed by atoms with Crippen molar-refractivity contribution in [2.24, 2.45) is 0 Å². The van der Waals surface area contributed by atoms with Crippen molar-refractivity contribution < 1.29 is 4.79 Å². The van der Waals surface area contributed by atoms with Gasteiger partial charge in [-0.3, -0.25) is 4.79 Å². The number of thioether (sulfide) groups is 2. The van der Waals surface area contributed by atoms with Crippen molar-refractivity contribution in [3.05, 3.63) is 35.7 Å². The topological polar surface area (TPSA) is 46.9 Å². The Kier molecular flexibility index (Phi) is 6.12. The van der Waals surface area contributed by atoms with Gasteiger partial charge in [-0.05, 0) is 45.1 Å². The van der Waals surface area contributed by atoms with Gasteiger partial charge in [-0.15, -0.1) is 11.8 Å². The second kappa shape index (κ2) is 8.32. The fourth-order valence-electron chi connectivity index (χ4n) is 3.35. The molecule has 0 radical (unpaired) electrons. The van der Waals surface area contributed by atoms with Crippen LogP contribution in [-0.2, 0) is 4.79 Å². The van der Waals surface area contributed by atoms with E-state index in [9.17, 15) is 4.79 Å². The third kappa shape index (κ3) is 4.23. The van der Waals surface area contributed by atoms with Crippen molar-refractivity contribution in [2.45, 2.75) is 55.6 Å². The normalized spacial score (nSPS) is 14.8. The van der Waals surface area contributed by atoms with Crippen molar-refractivity contribution in [2.75, 3.05) is 17.3 Å². The molecule has 0 saturated heterocycles. The van der Waals surface area contributed by atoms with E-state index in [2.05, 4.69) is 23.7 Å². The first-order chi connectivity index (χ1) is 12.1. The van der Waals surface area contributed by atoms with Crippen LogP contribution in [0.4, 0.5) is 5.69 Å². The fraction of sp³-hybridized carbons (Fsp3) is 0.474. The van der Waals surface area contributed by atoms with Crippen molar-refractivity contribution >= 4 is 35.1 Å². The quantitative estimate of drug-likeness (QED) is 0.716. The Balaban J connectivity index is 1.67. The average Bonchev–Trinajstić information content (AvgIpc) is 3.22. The zero-order valence-electron chi connectivity index (χ0n) is 15.0. The van der Waals surface area contributed by atoms with Crippen LogP contribution in [0, 0.1) is 13.8 Å². The van der Waals surface area contributed by atoms with Crippen molar-refractivity contribution in [3.63, 3.8) is 0 Å². The number of nitrogens with zero attached hydrogens (tertiary/aromatic N) is 2. The molecule has 0 unspecified atom stereocenters. The molecular formula is C19H25N3OS2. The van der Waals surface area contributed by atoms with Gasteiger partial charge in [0, 0.05) is 16.6 Å². The number of hydrogen-bond acceptors (Lipinski definition) is 4. The van der Waals surface area contributed by atoms with Crippen molar-refractivity contribution in [1.82, 2.24) is 9.55 Å². The lowest BCUT2D eigenvalue weighted by atomic mass is 10.2. The van der Waals surface area contributed by atoms with Crippen LogP contribution >= 0.6 is 23.5 Å². The third-order valence-electron chi connectivity index (χ3n) is 4.76. The summed E-state index contributed by atoms with van der Waals surface area (Å²) in [6.45, 7) is 4.19. The van der Waals surface area contributed by atoms with E-state index in [1.165, 1.54) is 31.4 Å². The minimum Gasteiger partial charge on any atom is -0.324 e. The smallest absolute Gasteiger partial charge is 0.234 e. The number of aryl methyl sites for hydroxylation is 1. The highest BCUT2D eigenvalue weighted by molar-refractivity contribution is 7.99. The van der Waals surface area contributed by atoms with Crippen molar-refractivity contribution in [3.8, 4) is 0 Å². The number of carbonyl (C=O) groups is 1. The summed E-state index contributed by atoms with van der Waals surface area (Å²) < 4.78 is 2.36. The average molecular weight is 376 g/mol. The summed E-state index contributed by atoms with van der Waals surface area (Å²) in [4.78, 5) is 18.2. The van der Waals surface area contributed by atoms with Crippen LogP contribution in [-0.4, -0.2) is 27.5 Å². The molecule has 1 saturated carbocycles. The third-order valence-corrected chi connectivity index (χ3v) is 6.51. The Morgan fingerprint density at radius 3 is 2.72 bits per heavy atom. The molecule has 1 aliphatic rings. The van der Waals surface area contributed by atoms with Crippen LogP contribution in [0.15, 0.2) is 34.3 Å². The van der Waals surface area contributed by atoms with E-state index in [1.807, 2.05) is 30.5 Å². The van der Waals surface area contributed by atoms with Crippen LogP contribution in [0.1, 0.15) is 43.1 Å². The summed E-state index contributed by atoms with van der Waals surface area (Å²) in [5.74, 6) is 0.397. The van der Waals surface area contributed by atoms with E-state index in [-0.39, 0.29) is 5.91 Å². The van der Waals surface area contributed by atoms with Gasteiger partial charge >= 0.3 is 0 Å². The van der Waals surface area contributed by atoms with Gasteiger partial charge < -0.3 is 9.88 Å². The summed E-state index contributed by atoms with van der Waals surface area (Å²) >= 11 is 3.18. The lowest BCUT2D eigenvalue weighted by Crippen LogP contribution is -2.16. The highest BCUT2D eigenvalue weighted by atomic mass is 32.2. The number of anilines is 1. The number of rotatable bonds is 6. The molecule has 25 heavy (non-hydrogen) atoms. The molecule has 0 spiro atoms. The lowest BCUT2D eigenvalue weighted by molar-refractivity contribution is -0.113. The summed E-state index contributed by atoms with van der Waals surface area (Å²) in [5.41, 5.74) is 3.19. The first-order valence-electron chi connectivity index (χ1n) is 8.71. The van der Waals surface area contributed by atoms with E-state index in [1.54, 1.807) is 23.5 Å². The molecule has 4 nitrogen and oxygen atoms in total.